The minimum absolute atomic E-state index is 0.0578. The van der Waals surface area contributed by atoms with Gasteiger partial charge in [0.25, 0.3) is 0 Å². The maximum absolute atomic E-state index is 10.8. The van der Waals surface area contributed by atoms with Gasteiger partial charge in [0, 0.05) is 32.4 Å². The highest BCUT2D eigenvalue weighted by molar-refractivity contribution is 6.31. The molecule has 4 heterocycles. The molecule has 0 bridgehead atoms. The van der Waals surface area contributed by atoms with Gasteiger partial charge in [-0.1, -0.05) is 31.9 Å². The number of amides is 1. The Labute approximate surface area is 243 Å². The molecule has 1 aromatic heterocycles. The van der Waals surface area contributed by atoms with E-state index >= 15 is 0 Å². The largest absolute Gasteiger partial charge is 0.379 e. The van der Waals surface area contributed by atoms with Crippen molar-refractivity contribution in [1.29, 1.82) is 0 Å². The van der Waals surface area contributed by atoms with Crippen molar-refractivity contribution in [2.24, 2.45) is 16.8 Å². The van der Waals surface area contributed by atoms with Crippen LogP contribution < -0.4 is 16.0 Å². The van der Waals surface area contributed by atoms with Crippen molar-refractivity contribution in [3.63, 3.8) is 0 Å². The zero-order valence-corrected chi connectivity index (χ0v) is 24.9. The molecule has 2 saturated heterocycles. The number of nitrogens with one attached hydrogen (secondary N) is 3. The molecule has 39 heavy (non-hydrogen) atoms. The van der Waals surface area contributed by atoms with Crippen LogP contribution in [0.4, 0.5) is 5.82 Å². The number of amidine groups is 1. The number of aryl methyl sites for hydroxylation is 1. The van der Waals surface area contributed by atoms with Crippen LogP contribution in [0.5, 0.6) is 0 Å². The third-order valence-corrected chi connectivity index (χ3v) is 8.42. The van der Waals surface area contributed by atoms with E-state index in [9.17, 15) is 4.79 Å². The number of aliphatic imine (C=N–C) groups is 1. The summed E-state index contributed by atoms with van der Waals surface area (Å²) in [5.41, 5.74) is 1.71. The summed E-state index contributed by atoms with van der Waals surface area (Å²) in [6.45, 7) is 12.2. The summed E-state index contributed by atoms with van der Waals surface area (Å²) in [5, 5.41) is 9.59. The molecule has 1 amide bonds. The molecule has 0 spiro atoms. The second-order valence-corrected chi connectivity index (χ2v) is 11.3. The van der Waals surface area contributed by atoms with Gasteiger partial charge in [0.05, 0.1) is 34.9 Å². The molecule has 4 unspecified atom stereocenters. The molecule has 3 aliphatic heterocycles. The summed E-state index contributed by atoms with van der Waals surface area (Å²) in [4.78, 5) is 19.7. The molecule has 1 aromatic rings. The molecule has 216 valence electrons. The first-order chi connectivity index (χ1) is 18.8. The Hall–Kier alpha value is -1.97. The number of morpholine rings is 1. The fraction of sp³-hybridized carbons (Fsp3) is 0.621. The Morgan fingerprint density at radius 1 is 1.26 bits per heavy atom. The van der Waals surface area contributed by atoms with Crippen molar-refractivity contribution < 1.29 is 14.3 Å². The Morgan fingerprint density at radius 2 is 2.05 bits per heavy atom. The van der Waals surface area contributed by atoms with Crippen LogP contribution in [0.2, 0.25) is 5.02 Å². The molecule has 3 N–H and O–H groups in total. The van der Waals surface area contributed by atoms with Gasteiger partial charge in [-0.2, -0.15) is 0 Å². The Morgan fingerprint density at radius 3 is 2.72 bits per heavy atom. The molecule has 3 aliphatic rings. The highest BCUT2D eigenvalue weighted by atomic mass is 35.5. The summed E-state index contributed by atoms with van der Waals surface area (Å²) in [7, 11) is 0. The average Bonchev–Trinajstić information content (AvgIpc) is 3.13. The zero-order valence-electron chi connectivity index (χ0n) is 23.3. The Bertz CT molecular complexity index is 1000. The maximum atomic E-state index is 10.8. The molecular formula is C29H43Cl2N5O3. The molecule has 8 nitrogen and oxygen atoms in total. The van der Waals surface area contributed by atoms with E-state index in [0.29, 0.717) is 41.9 Å². The van der Waals surface area contributed by atoms with Crippen molar-refractivity contribution in [3.05, 3.63) is 46.8 Å². The first-order valence-electron chi connectivity index (χ1n) is 14.0. The van der Waals surface area contributed by atoms with Gasteiger partial charge in [0.2, 0.25) is 6.41 Å². The molecule has 0 saturated carbocycles. The first kappa shape index (κ1) is 31.6. The number of nitrogens with zero attached hydrogens (tertiary/aromatic N) is 2. The molecule has 4 rings (SSSR count). The second kappa shape index (κ2) is 16.3. The van der Waals surface area contributed by atoms with Gasteiger partial charge in [-0.05, 0) is 74.3 Å². The van der Waals surface area contributed by atoms with Crippen molar-refractivity contribution in [1.82, 2.24) is 15.6 Å². The molecule has 0 aromatic carbocycles. The molecule has 4 atom stereocenters. The average molecular weight is 581 g/mol. The van der Waals surface area contributed by atoms with E-state index in [1.807, 2.05) is 18.2 Å². The first-order valence-corrected chi connectivity index (χ1v) is 14.8. The van der Waals surface area contributed by atoms with E-state index in [1.165, 1.54) is 0 Å². The lowest BCUT2D eigenvalue weighted by Gasteiger charge is -2.42. The predicted octanol–water partition coefficient (Wildman–Crippen LogP) is 5.12. The van der Waals surface area contributed by atoms with E-state index in [0.717, 1.165) is 75.8 Å². The van der Waals surface area contributed by atoms with Gasteiger partial charge in [0.15, 0.2) is 0 Å². The minimum atomic E-state index is -0.298. The molecule has 0 aliphatic carbocycles. The third-order valence-electron chi connectivity index (χ3n) is 7.65. The fourth-order valence-electron chi connectivity index (χ4n) is 4.89. The number of anilines is 1. The number of alkyl halides is 1. The standard InChI is InChI=1S/C25H34Cl2N4O2.C4H9NO/c1-4-17(2)25(3)14-18(10-12-33-25)15-29-23-8-6-21(27)22(31-23)7-5-19-13-24(30-16-32)28-11-9-20(19)26;1-3-6-4-2-5-1/h6,8-9,11,13,16-18,20H,4-5,7,10,12,14-15H2,1-3H3,(H,29,31)(H,28,30,32);5H,1-4H2. The highest BCUT2D eigenvalue weighted by Crippen LogP contribution is 2.36. The molecule has 10 heteroatoms. The summed E-state index contributed by atoms with van der Waals surface area (Å²) < 4.78 is 11.2. The van der Waals surface area contributed by atoms with E-state index < -0.39 is 0 Å². The maximum Gasteiger partial charge on any atom is 0.212 e. The Balaban J connectivity index is 0.000000617. The number of allylic oxidation sites excluding steroid dienone is 2. The molecule has 2 fully saturated rings. The van der Waals surface area contributed by atoms with Gasteiger partial charge in [0.1, 0.15) is 11.7 Å². The van der Waals surface area contributed by atoms with Crippen LogP contribution in [-0.2, 0) is 20.7 Å². The SMILES string of the molecule is C1COCCN1.CCC(C)C1(C)CC(CNc2ccc(Cl)c(CCC3=CC(NC=O)=NC=CC3Cl)n2)CCO1. The van der Waals surface area contributed by atoms with Gasteiger partial charge in [-0.15, -0.1) is 11.6 Å². The number of carbonyl (C=O) groups excluding carboxylic acids is 1. The molecular weight excluding hydrogens is 537 g/mol. The van der Waals surface area contributed by atoms with Gasteiger partial charge >= 0.3 is 0 Å². The van der Waals surface area contributed by atoms with E-state index in [1.54, 1.807) is 12.3 Å². The van der Waals surface area contributed by atoms with Crippen molar-refractivity contribution >= 4 is 41.3 Å². The smallest absolute Gasteiger partial charge is 0.212 e. The van der Waals surface area contributed by atoms with Crippen LogP contribution in [0.3, 0.4) is 0 Å². The van der Waals surface area contributed by atoms with Crippen molar-refractivity contribution in [2.45, 2.75) is 63.9 Å². The topological polar surface area (TPSA) is 96.9 Å². The number of aromatic nitrogens is 1. The fourth-order valence-corrected chi connectivity index (χ4v) is 5.33. The minimum Gasteiger partial charge on any atom is -0.379 e. The van der Waals surface area contributed by atoms with E-state index in [-0.39, 0.29) is 11.0 Å². The molecule has 0 radical (unpaired) electrons. The number of carbonyl (C=O) groups is 1. The summed E-state index contributed by atoms with van der Waals surface area (Å²) in [6, 6.07) is 3.82. The third kappa shape index (κ3) is 10.2. The number of rotatable bonds is 9. The Kier molecular flexibility index (Phi) is 13.2. The monoisotopic (exact) mass is 579 g/mol. The number of ether oxygens (including phenoxy) is 2. The number of halogens is 2. The lowest BCUT2D eigenvalue weighted by Crippen LogP contribution is -2.43. The number of hydrogen-bond acceptors (Lipinski definition) is 7. The number of hydrogen-bond donors (Lipinski definition) is 3. The van der Waals surface area contributed by atoms with Crippen molar-refractivity contribution in [2.75, 3.05) is 44.8 Å². The summed E-state index contributed by atoms with van der Waals surface area (Å²) in [5.74, 6) is 2.37. The van der Waals surface area contributed by atoms with Crippen LogP contribution in [-0.4, -0.2) is 67.7 Å². The number of pyridine rings is 1. The summed E-state index contributed by atoms with van der Waals surface area (Å²) >= 11 is 12.9. The highest BCUT2D eigenvalue weighted by Gasteiger charge is 2.37. The van der Waals surface area contributed by atoms with E-state index in [4.69, 9.17) is 37.7 Å². The van der Waals surface area contributed by atoms with Gasteiger partial charge in [-0.25, -0.2) is 9.98 Å². The van der Waals surface area contributed by atoms with E-state index in [2.05, 4.69) is 41.7 Å². The lowest BCUT2D eigenvalue weighted by atomic mass is 9.78. The van der Waals surface area contributed by atoms with Crippen LogP contribution in [0.1, 0.15) is 52.1 Å². The lowest BCUT2D eigenvalue weighted by molar-refractivity contribution is -0.115. The zero-order chi connectivity index (χ0) is 28.1. The van der Waals surface area contributed by atoms with Gasteiger partial charge < -0.3 is 25.4 Å². The van der Waals surface area contributed by atoms with Crippen LogP contribution in [0, 0.1) is 11.8 Å². The second-order valence-electron chi connectivity index (χ2n) is 10.4. The predicted molar refractivity (Wildman–Crippen MR) is 160 cm³/mol. The summed E-state index contributed by atoms with van der Waals surface area (Å²) in [6.07, 6.45) is 10.3. The van der Waals surface area contributed by atoms with Crippen LogP contribution >= 0.6 is 23.2 Å². The quantitative estimate of drug-likeness (QED) is 0.277. The normalized spacial score (nSPS) is 25.8. The van der Waals surface area contributed by atoms with Crippen LogP contribution in [0.15, 0.2) is 41.1 Å². The van der Waals surface area contributed by atoms with Crippen LogP contribution in [0.25, 0.3) is 0 Å². The van der Waals surface area contributed by atoms with Crippen molar-refractivity contribution in [3.8, 4) is 0 Å². The van der Waals surface area contributed by atoms with Gasteiger partial charge in [-0.3, -0.25) is 4.79 Å².